The fraction of sp³-hybridized carbons (Fsp3) is 0.286. The molecule has 0 amide bonds. The SMILES string of the molecule is C=c1[nH]n(C)c(=S)/c1=C/[NH2+]C. The van der Waals surface area contributed by atoms with Gasteiger partial charge in [0.25, 0.3) is 0 Å². The molecule has 0 aliphatic heterocycles. The molecule has 60 valence electrons. The molecule has 0 spiro atoms. The zero-order chi connectivity index (χ0) is 8.43. The molecule has 0 radical (unpaired) electrons. The smallest absolute Gasteiger partial charge is 0.134 e. The monoisotopic (exact) mass is 170 g/mol. The molecular formula is C7H12N3S+. The van der Waals surface area contributed by atoms with E-state index < -0.39 is 0 Å². The Morgan fingerprint density at radius 1 is 1.73 bits per heavy atom. The highest BCUT2D eigenvalue weighted by Crippen LogP contribution is 1.70. The van der Waals surface area contributed by atoms with Crippen molar-refractivity contribution in [3.63, 3.8) is 0 Å². The van der Waals surface area contributed by atoms with Gasteiger partial charge in [0.2, 0.25) is 0 Å². The van der Waals surface area contributed by atoms with Gasteiger partial charge >= 0.3 is 0 Å². The molecule has 0 atom stereocenters. The number of rotatable bonds is 1. The van der Waals surface area contributed by atoms with Crippen LogP contribution in [0.2, 0.25) is 0 Å². The van der Waals surface area contributed by atoms with Crippen molar-refractivity contribution < 1.29 is 5.32 Å². The summed E-state index contributed by atoms with van der Waals surface area (Å²) >= 11 is 5.12. The lowest BCUT2D eigenvalue weighted by molar-refractivity contribution is -0.519. The minimum absolute atomic E-state index is 0.799. The normalized spacial score (nSPS) is 12.4. The first kappa shape index (κ1) is 8.23. The van der Waals surface area contributed by atoms with E-state index in [0.717, 1.165) is 15.2 Å². The van der Waals surface area contributed by atoms with Crippen molar-refractivity contribution in [2.45, 2.75) is 0 Å². The van der Waals surface area contributed by atoms with E-state index in [1.165, 1.54) is 0 Å². The summed E-state index contributed by atoms with van der Waals surface area (Å²) in [5.74, 6) is 0. The second kappa shape index (κ2) is 3.02. The van der Waals surface area contributed by atoms with Crippen molar-refractivity contribution >= 4 is 25.0 Å². The van der Waals surface area contributed by atoms with Crippen LogP contribution in [0.15, 0.2) is 0 Å². The summed E-state index contributed by atoms with van der Waals surface area (Å²) in [7, 11) is 3.84. The standard InChI is InChI=1S/C7H11N3S/c1-5-6(4-8-2)7(11)10(3)9-5/h4,8-9H,1H2,2-3H3/p+1/b6-4+. The van der Waals surface area contributed by atoms with Crippen LogP contribution < -0.4 is 15.9 Å². The second-order valence-corrected chi connectivity index (χ2v) is 2.75. The number of quaternary nitrogens is 1. The summed E-state index contributed by atoms with van der Waals surface area (Å²) in [5.41, 5.74) is 0. The van der Waals surface area contributed by atoms with Crippen LogP contribution in [0.4, 0.5) is 0 Å². The van der Waals surface area contributed by atoms with E-state index in [1.807, 2.05) is 25.6 Å². The van der Waals surface area contributed by atoms with Crippen molar-refractivity contribution in [2.75, 3.05) is 7.05 Å². The van der Waals surface area contributed by atoms with Crippen molar-refractivity contribution in [1.29, 1.82) is 0 Å². The molecule has 4 heteroatoms. The molecule has 0 aliphatic carbocycles. The minimum atomic E-state index is 0.799. The number of nitrogens with two attached hydrogens (primary N) is 1. The predicted molar refractivity (Wildman–Crippen MR) is 47.7 cm³/mol. The maximum absolute atomic E-state index is 5.12. The number of aromatic nitrogens is 2. The highest BCUT2D eigenvalue weighted by molar-refractivity contribution is 7.71. The van der Waals surface area contributed by atoms with E-state index in [1.54, 1.807) is 4.68 Å². The second-order valence-electron chi connectivity index (χ2n) is 2.37. The molecule has 1 aromatic rings. The van der Waals surface area contributed by atoms with Gasteiger partial charge in [0.15, 0.2) is 0 Å². The average Bonchev–Trinajstić information content (AvgIpc) is 2.17. The van der Waals surface area contributed by atoms with Gasteiger partial charge in [-0.3, -0.25) is 9.78 Å². The van der Waals surface area contributed by atoms with Gasteiger partial charge < -0.3 is 5.32 Å². The maximum Gasteiger partial charge on any atom is 0.134 e. The number of nitrogens with one attached hydrogen (secondary N) is 1. The third kappa shape index (κ3) is 1.41. The first-order valence-electron chi connectivity index (χ1n) is 3.40. The van der Waals surface area contributed by atoms with Crippen LogP contribution in [0.3, 0.4) is 0 Å². The van der Waals surface area contributed by atoms with Crippen molar-refractivity contribution in [3.8, 4) is 0 Å². The summed E-state index contributed by atoms with van der Waals surface area (Å²) in [4.78, 5) is 0. The van der Waals surface area contributed by atoms with Crippen LogP contribution in [0.5, 0.6) is 0 Å². The average molecular weight is 170 g/mol. The van der Waals surface area contributed by atoms with E-state index in [-0.39, 0.29) is 0 Å². The van der Waals surface area contributed by atoms with Gasteiger partial charge in [0.05, 0.1) is 17.6 Å². The third-order valence-corrected chi connectivity index (χ3v) is 1.99. The minimum Gasteiger partial charge on any atom is -0.322 e. The fourth-order valence-electron chi connectivity index (χ4n) is 0.962. The summed E-state index contributed by atoms with van der Waals surface area (Å²) in [6.45, 7) is 3.83. The van der Waals surface area contributed by atoms with Crippen LogP contribution in [0.1, 0.15) is 0 Å². The summed E-state index contributed by atoms with van der Waals surface area (Å²) in [5, 5.41) is 6.84. The van der Waals surface area contributed by atoms with E-state index in [0.29, 0.717) is 0 Å². The molecular weight excluding hydrogens is 158 g/mol. The molecule has 0 saturated carbocycles. The van der Waals surface area contributed by atoms with Crippen LogP contribution >= 0.6 is 12.2 Å². The van der Waals surface area contributed by atoms with Crippen molar-refractivity contribution in [3.05, 3.63) is 15.2 Å². The Kier molecular flexibility index (Phi) is 2.26. The Hall–Kier alpha value is -0.870. The maximum atomic E-state index is 5.12. The molecule has 1 aromatic heterocycles. The number of hydrogen-bond donors (Lipinski definition) is 2. The summed E-state index contributed by atoms with van der Waals surface area (Å²) in [6, 6.07) is 0. The number of nitrogens with zero attached hydrogens (tertiary/aromatic N) is 1. The predicted octanol–water partition coefficient (Wildman–Crippen LogP) is -1.58. The van der Waals surface area contributed by atoms with Crippen molar-refractivity contribution in [1.82, 2.24) is 9.78 Å². The van der Waals surface area contributed by atoms with Crippen LogP contribution in [-0.4, -0.2) is 16.8 Å². The molecule has 3 N–H and O–H groups in total. The lowest BCUT2D eigenvalue weighted by atomic mass is 10.5. The van der Waals surface area contributed by atoms with Gasteiger partial charge in [-0.2, -0.15) is 0 Å². The van der Waals surface area contributed by atoms with E-state index in [4.69, 9.17) is 12.2 Å². The van der Waals surface area contributed by atoms with Gasteiger partial charge in [-0.25, -0.2) is 0 Å². The Bertz CT molecular complexity index is 398. The lowest BCUT2D eigenvalue weighted by Crippen LogP contribution is -2.73. The number of hydrogen-bond acceptors (Lipinski definition) is 1. The van der Waals surface area contributed by atoms with Crippen molar-refractivity contribution in [2.24, 2.45) is 7.05 Å². The highest BCUT2D eigenvalue weighted by Gasteiger charge is 1.92. The summed E-state index contributed by atoms with van der Waals surface area (Å²) < 4.78 is 2.58. The van der Waals surface area contributed by atoms with Gasteiger partial charge in [0.1, 0.15) is 10.8 Å². The molecule has 11 heavy (non-hydrogen) atoms. The number of aromatic amines is 1. The fourth-order valence-corrected chi connectivity index (χ4v) is 1.20. The Morgan fingerprint density at radius 2 is 2.36 bits per heavy atom. The van der Waals surface area contributed by atoms with E-state index in [9.17, 15) is 0 Å². The topological polar surface area (TPSA) is 37.3 Å². The van der Waals surface area contributed by atoms with Crippen LogP contribution in [-0.2, 0) is 7.05 Å². The van der Waals surface area contributed by atoms with Gasteiger partial charge in [-0.15, -0.1) is 0 Å². The Morgan fingerprint density at radius 3 is 2.73 bits per heavy atom. The van der Waals surface area contributed by atoms with Crippen LogP contribution in [0.25, 0.3) is 12.8 Å². The lowest BCUT2D eigenvalue weighted by Gasteiger charge is -1.83. The number of H-pyrrole nitrogens is 1. The quantitative estimate of drug-likeness (QED) is 0.491. The largest absolute Gasteiger partial charge is 0.322 e. The van der Waals surface area contributed by atoms with Crippen LogP contribution in [0, 0.1) is 4.64 Å². The first-order valence-corrected chi connectivity index (χ1v) is 3.81. The number of aryl methyl sites for hydroxylation is 1. The molecule has 0 bridgehead atoms. The van der Waals surface area contributed by atoms with Gasteiger partial charge in [-0.1, -0.05) is 18.8 Å². The Balaban J connectivity index is 3.61. The van der Waals surface area contributed by atoms with Gasteiger partial charge in [-0.05, 0) is 0 Å². The van der Waals surface area contributed by atoms with E-state index >= 15 is 0 Å². The first-order chi connectivity index (χ1) is 5.16. The van der Waals surface area contributed by atoms with E-state index in [2.05, 4.69) is 11.7 Å². The Labute approximate surface area is 70.0 Å². The van der Waals surface area contributed by atoms with Gasteiger partial charge in [0, 0.05) is 7.05 Å². The molecule has 0 unspecified atom stereocenters. The molecule has 0 saturated heterocycles. The molecule has 0 aliphatic rings. The zero-order valence-corrected chi connectivity index (χ0v) is 7.53. The zero-order valence-electron chi connectivity index (χ0n) is 6.72. The summed E-state index contributed by atoms with van der Waals surface area (Å²) in [6.07, 6.45) is 1.96. The third-order valence-electron chi connectivity index (χ3n) is 1.50. The molecule has 3 nitrogen and oxygen atoms in total. The molecule has 1 rings (SSSR count). The molecule has 0 aromatic carbocycles. The molecule has 0 fully saturated rings. The molecule has 1 heterocycles. The highest BCUT2D eigenvalue weighted by atomic mass is 32.1.